The van der Waals surface area contributed by atoms with Crippen LogP contribution in [0.4, 0.5) is 5.69 Å². The van der Waals surface area contributed by atoms with Crippen LogP contribution in [0.2, 0.25) is 0 Å². The van der Waals surface area contributed by atoms with Gasteiger partial charge in [0.2, 0.25) is 5.91 Å². The molecule has 0 bridgehead atoms. The van der Waals surface area contributed by atoms with Crippen LogP contribution in [0.1, 0.15) is 25.7 Å². The molecule has 0 spiro atoms. The van der Waals surface area contributed by atoms with Gasteiger partial charge in [0.05, 0.1) is 13.0 Å². The van der Waals surface area contributed by atoms with Gasteiger partial charge in [-0.2, -0.15) is 0 Å². The van der Waals surface area contributed by atoms with Gasteiger partial charge in [-0.3, -0.25) is 9.69 Å². The molecule has 2 aromatic carbocycles. The molecule has 5 nitrogen and oxygen atoms in total. The van der Waals surface area contributed by atoms with Crippen molar-refractivity contribution in [2.45, 2.75) is 31.7 Å². The highest BCUT2D eigenvalue weighted by Crippen LogP contribution is 2.30. The number of benzene rings is 2. The quantitative estimate of drug-likeness (QED) is 0.826. The standard InChI is InChI=1S/C24H30N2O3/c1-28-21-10-8-18(9-11-21)22-6-2-3-7-23(22)25-24(27)19-5-4-14-26(17-19)20-12-15-29-16-13-20/h2-3,6-11,19-20H,4-5,12-17H2,1H3,(H,25,27)/t19-/m1/s1. The summed E-state index contributed by atoms with van der Waals surface area (Å²) in [5.41, 5.74) is 2.96. The zero-order chi connectivity index (χ0) is 20.1. The number of hydrogen-bond donors (Lipinski definition) is 1. The highest BCUT2D eigenvalue weighted by molar-refractivity contribution is 5.97. The number of amides is 1. The van der Waals surface area contributed by atoms with Gasteiger partial charge in [0.25, 0.3) is 0 Å². The Morgan fingerprint density at radius 3 is 2.59 bits per heavy atom. The monoisotopic (exact) mass is 394 g/mol. The number of hydrogen-bond acceptors (Lipinski definition) is 4. The van der Waals surface area contributed by atoms with E-state index in [-0.39, 0.29) is 11.8 Å². The summed E-state index contributed by atoms with van der Waals surface area (Å²) in [6, 6.07) is 16.5. The normalized spacial score (nSPS) is 20.9. The Kier molecular flexibility index (Phi) is 6.47. The fraction of sp³-hybridized carbons (Fsp3) is 0.458. The molecule has 2 aromatic rings. The zero-order valence-electron chi connectivity index (χ0n) is 17.1. The third kappa shape index (κ3) is 4.80. The van der Waals surface area contributed by atoms with E-state index in [0.29, 0.717) is 6.04 Å². The third-order valence-corrected chi connectivity index (χ3v) is 6.12. The highest BCUT2D eigenvalue weighted by Gasteiger charge is 2.30. The summed E-state index contributed by atoms with van der Waals surface area (Å²) >= 11 is 0. The first kappa shape index (κ1) is 19.9. The van der Waals surface area contributed by atoms with Gasteiger partial charge in [-0.25, -0.2) is 0 Å². The summed E-state index contributed by atoms with van der Waals surface area (Å²) in [7, 11) is 1.66. The molecule has 2 saturated heterocycles. The number of anilines is 1. The van der Waals surface area contributed by atoms with Gasteiger partial charge in [0, 0.05) is 37.1 Å². The van der Waals surface area contributed by atoms with Crippen LogP contribution in [-0.2, 0) is 9.53 Å². The average Bonchev–Trinajstić information content (AvgIpc) is 2.80. The van der Waals surface area contributed by atoms with Crippen LogP contribution in [0.15, 0.2) is 48.5 Å². The van der Waals surface area contributed by atoms with Gasteiger partial charge in [0.15, 0.2) is 0 Å². The summed E-state index contributed by atoms with van der Waals surface area (Å²) in [5.74, 6) is 0.990. The number of likely N-dealkylation sites (tertiary alicyclic amines) is 1. The molecule has 0 radical (unpaired) electrons. The van der Waals surface area contributed by atoms with Crippen molar-refractivity contribution in [1.29, 1.82) is 0 Å². The Labute approximate surface area is 173 Å². The van der Waals surface area contributed by atoms with E-state index in [0.717, 1.165) is 74.6 Å². The molecule has 0 aliphatic carbocycles. The minimum atomic E-state index is 0.0375. The van der Waals surface area contributed by atoms with Gasteiger partial charge >= 0.3 is 0 Å². The Balaban J connectivity index is 1.45. The van der Waals surface area contributed by atoms with Crippen LogP contribution in [0.5, 0.6) is 5.75 Å². The fourth-order valence-electron chi connectivity index (χ4n) is 4.45. The fourth-order valence-corrected chi connectivity index (χ4v) is 4.45. The van der Waals surface area contributed by atoms with Crippen molar-refractivity contribution in [3.8, 4) is 16.9 Å². The van der Waals surface area contributed by atoms with E-state index in [2.05, 4.69) is 10.2 Å². The van der Waals surface area contributed by atoms with Crippen molar-refractivity contribution >= 4 is 11.6 Å². The van der Waals surface area contributed by atoms with Crippen LogP contribution >= 0.6 is 0 Å². The lowest BCUT2D eigenvalue weighted by molar-refractivity contribution is -0.122. The second-order valence-electron chi connectivity index (χ2n) is 7.94. The lowest BCUT2D eigenvalue weighted by Crippen LogP contribution is -2.47. The molecule has 0 unspecified atom stereocenters. The number of methoxy groups -OCH3 is 1. The number of rotatable bonds is 5. The Hall–Kier alpha value is -2.37. The predicted molar refractivity (Wildman–Crippen MR) is 115 cm³/mol. The number of nitrogens with zero attached hydrogens (tertiary/aromatic N) is 1. The second kappa shape index (κ2) is 9.42. The van der Waals surface area contributed by atoms with Crippen molar-refractivity contribution in [1.82, 2.24) is 4.90 Å². The summed E-state index contributed by atoms with van der Waals surface area (Å²) in [6.07, 6.45) is 4.19. The van der Waals surface area contributed by atoms with Crippen molar-refractivity contribution < 1.29 is 14.3 Å². The van der Waals surface area contributed by atoms with Crippen LogP contribution < -0.4 is 10.1 Å². The molecule has 154 valence electrons. The second-order valence-corrected chi connectivity index (χ2v) is 7.94. The van der Waals surface area contributed by atoms with E-state index >= 15 is 0 Å². The molecule has 1 N–H and O–H groups in total. The van der Waals surface area contributed by atoms with Gasteiger partial charge < -0.3 is 14.8 Å². The topological polar surface area (TPSA) is 50.8 Å². The first-order valence-electron chi connectivity index (χ1n) is 10.6. The molecule has 29 heavy (non-hydrogen) atoms. The molecule has 1 atom stereocenters. The third-order valence-electron chi connectivity index (χ3n) is 6.12. The van der Waals surface area contributed by atoms with E-state index in [1.165, 1.54) is 0 Å². The first-order chi connectivity index (χ1) is 14.2. The lowest BCUT2D eigenvalue weighted by Gasteiger charge is -2.39. The maximum absolute atomic E-state index is 13.1. The molecule has 1 amide bonds. The molecule has 2 aliphatic rings. The zero-order valence-corrected chi connectivity index (χ0v) is 17.1. The van der Waals surface area contributed by atoms with Gasteiger partial charge in [0.1, 0.15) is 5.75 Å². The number of para-hydroxylation sites is 1. The van der Waals surface area contributed by atoms with Crippen molar-refractivity contribution in [3.63, 3.8) is 0 Å². The maximum Gasteiger partial charge on any atom is 0.228 e. The number of piperidine rings is 1. The van der Waals surface area contributed by atoms with E-state index in [4.69, 9.17) is 9.47 Å². The van der Waals surface area contributed by atoms with Gasteiger partial charge in [-0.1, -0.05) is 30.3 Å². The minimum absolute atomic E-state index is 0.0375. The van der Waals surface area contributed by atoms with E-state index in [9.17, 15) is 4.79 Å². The van der Waals surface area contributed by atoms with Gasteiger partial charge in [-0.05, 0) is 56.0 Å². The Bertz CT molecular complexity index is 815. The van der Waals surface area contributed by atoms with Crippen LogP contribution in [0, 0.1) is 5.92 Å². The summed E-state index contributed by atoms with van der Waals surface area (Å²) in [6.45, 7) is 3.62. The molecule has 2 heterocycles. The van der Waals surface area contributed by atoms with E-state index in [1.54, 1.807) is 7.11 Å². The summed E-state index contributed by atoms with van der Waals surface area (Å²) in [5, 5.41) is 3.21. The number of ether oxygens (including phenoxy) is 2. The Morgan fingerprint density at radius 2 is 1.83 bits per heavy atom. The number of nitrogens with one attached hydrogen (secondary N) is 1. The molecule has 0 aromatic heterocycles. The summed E-state index contributed by atoms with van der Waals surface area (Å²) < 4.78 is 10.8. The van der Waals surface area contributed by atoms with Crippen LogP contribution in [-0.4, -0.2) is 50.3 Å². The van der Waals surface area contributed by atoms with Crippen LogP contribution in [0.25, 0.3) is 11.1 Å². The SMILES string of the molecule is COc1ccc(-c2ccccc2NC(=O)[C@@H]2CCCN(C3CCOCC3)C2)cc1. The van der Waals surface area contributed by atoms with Crippen molar-refractivity contribution in [3.05, 3.63) is 48.5 Å². The molecular formula is C24H30N2O3. The van der Waals surface area contributed by atoms with Crippen molar-refractivity contribution in [2.75, 3.05) is 38.7 Å². The molecule has 0 saturated carbocycles. The largest absolute Gasteiger partial charge is 0.497 e. The molecular weight excluding hydrogens is 364 g/mol. The molecule has 5 heteroatoms. The van der Waals surface area contributed by atoms with Crippen molar-refractivity contribution in [2.24, 2.45) is 5.92 Å². The van der Waals surface area contributed by atoms with Crippen LogP contribution in [0.3, 0.4) is 0 Å². The minimum Gasteiger partial charge on any atom is -0.497 e. The van der Waals surface area contributed by atoms with E-state index < -0.39 is 0 Å². The molecule has 2 aliphatic heterocycles. The predicted octanol–water partition coefficient (Wildman–Crippen LogP) is 4.19. The number of carbonyl (C=O) groups excluding carboxylic acids is 1. The maximum atomic E-state index is 13.1. The smallest absolute Gasteiger partial charge is 0.228 e. The summed E-state index contributed by atoms with van der Waals surface area (Å²) in [4.78, 5) is 15.6. The molecule has 4 rings (SSSR count). The highest BCUT2D eigenvalue weighted by atomic mass is 16.5. The Morgan fingerprint density at radius 1 is 1.07 bits per heavy atom. The molecule has 2 fully saturated rings. The first-order valence-corrected chi connectivity index (χ1v) is 10.6. The van der Waals surface area contributed by atoms with Gasteiger partial charge in [-0.15, -0.1) is 0 Å². The van der Waals surface area contributed by atoms with E-state index in [1.807, 2.05) is 48.5 Å². The average molecular weight is 395 g/mol. The number of carbonyl (C=O) groups is 1. The lowest BCUT2D eigenvalue weighted by atomic mass is 9.93.